The number of fused-ring (bicyclic) bond motifs is 1. The van der Waals surface area contributed by atoms with Gasteiger partial charge in [-0.15, -0.1) is 0 Å². The predicted octanol–water partition coefficient (Wildman–Crippen LogP) is 6.25. The summed E-state index contributed by atoms with van der Waals surface area (Å²) in [5, 5.41) is 13.2. The second kappa shape index (κ2) is 8.88. The molecule has 2 N–H and O–H groups in total. The van der Waals surface area contributed by atoms with E-state index in [0.717, 1.165) is 18.3 Å². The van der Waals surface area contributed by atoms with E-state index in [0.29, 0.717) is 21.9 Å². The minimum Gasteiger partial charge on any atom is -0.374 e. The normalized spacial score (nSPS) is 17.9. The van der Waals surface area contributed by atoms with Gasteiger partial charge in [0, 0.05) is 29.3 Å². The number of nitrogens with one attached hydrogen (secondary N) is 2. The molecular formula is C23H15Cl2F4N3O2. The zero-order valence-corrected chi connectivity index (χ0v) is 18.7. The summed E-state index contributed by atoms with van der Waals surface area (Å²) in [6, 6.07) is 11.3. The van der Waals surface area contributed by atoms with Crippen LogP contribution in [0, 0.1) is 11.2 Å². The van der Waals surface area contributed by atoms with Crippen LogP contribution in [-0.2, 0) is 10.4 Å². The van der Waals surface area contributed by atoms with Gasteiger partial charge < -0.3 is 15.6 Å². The highest BCUT2D eigenvalue weighted by molar-refractivity contribution is 6.35. The van der Waals surface area contributed by atoms with Gasteiger partial charge in [-0.05, 0) is 29.0 Å². The summed E-state index contributed by atoms with van der Waals surface area (Å²) < 4.78 is 56.8. The molecule has 5 nitrogen and oxygen atoms in total. The molecule has 0 fully saturated rings. The van der Waals surface area contributed by atoms with Crippen LogP contribution in [0.4, 0.5) is 17.6 Å². The van der Waals surface area contributed by atoms with Crippen LogP contribution in [0.15, 0.2) is 53.7 Å². The number of benzene rings is 3. The number of alkyl halides is 3. The third-order valence-corrected chi connectivity index (χ3v) is 6.03. The predicted molar refractivity (Wildman–Crippen MR) is 121 cm³/mol. The maximum atomic E-state index is 14.3. The largest absolute Gasteiger partial charge is 0.435 e. The fraction of sp³-hybridized carbons (Fsp3) is 0.174. The number of oxime groups is 1. The SMILES string of the molecule is N=CCNC(=O)c1ccc(C2=NOC(c3cc(Cl)c(F)c(Cl)c3)(C(F)(F)F)C2)c2ccccc12. The van der Waals surface area contributed by atoms with Crippen molar-refractivity contribution in [2.45, 2.75) is 18.2 Å². The maximum absolute atomic E-state index is 14.3. The molecule has 3 aromatic rings. The Morgan fingerprint density at radius 3 is 2.41 bits per heavy atom. The van der Waals surface area contributed by atoms with E-state index in [1.54, 1.807) is 24.3 Å². The summed E-state index contributed by atoms with van der Waals surface area (Å²) in [5.41, 5.74) is -2.80. The number of carbonyl (C=O) groups excluding carboxylic acids is 1. The van der Waals surface area contributed by atoms with Crippen molar-refractivity contribution in [1.29, 1.82) is 5.41 Å². The lowest BCUT2D eigenvalue weighted by molar-refractivity contribution is -0.275. The van der Waals surface area contributed by atoms with Gasteiger partial charge in [0.15, 0.2) is 5.82 Å². The van der Waals surface area contributed by atoms with Crippen molar-refractivity contribution in [3.8, 4) is 0 Å². The number of halogens is 6. The van der Waals surface area contributed by atoms with Crippen molar-refractivity contribution in [2.24, 2.45) is 5.16 Å². The van der Waals surface area contributed by atoms with Crippen molar-refractivity contribution in [3.63, 3.8) is 0 Å². The van der Waals surface area contributed by atoms with Crippen LogP contribution in [0.5, 0.6) is 0 Å². The molecule has 0 bridgehead atoms. The molecule has 1 heterocycles. The highest BCUT2D eigenvalue weighted by Gasteiger charge is 2.62. The van der Waals surface area contributed by atoms with E-state index in [2.05, 4.69) is 10.5 Å². The molecule has 0 spiro atoms. The van der Waals surface area contributed by atoms with Crippen LogP contribution in [0.2, 0.25) is 10.0 Å². The number of hydrogen-bond donors (Lipinski definition) is 2. The van der Waals surface area contributed by atoms with E-state index in [1.807, 2.05) is 0 Å². The molecule has 1 amide bonds. The molecule has 0 aromatic heterocycles. The number of carbonyl (C=O) groups is 1. The lowest BCUT2D eigenvalue weighted by atomic mass is 9.85. The monoisotopic (exact) mass is 511 g/mol. The summed E-state index contributed by atoms with van der Waals surface area (Å²) in [6.45, 7) is 0.0341. The minimum atomic E-state index is -4.94. The van der Waals surface area contributed by atoms with Crippen LogP contribution in [0.25, 0.3) is 10.8 Å². The quantitative estimate of drug-likeness (QED) is 0.241. The van der Waals surface area contributed by atoms with E-state index < -0.39 is 45.5 Å². The first-order valence-corrected chi connectivity index (χ1v) is 10.6. The third kappa shape index (κ3) is 3.99. The molecule has 34 heavy (non-hydrogen) atoms. The van der Waals surface area contributed by atoms with Gasteiger partial charge in [-0.2, -0.15) is 13.2 Å². The van der Waals surface area contributed by atoms with E-state index >= 15 is 0 Å². The maximum Gasteiger partial charge on any atom is 0.435 e. The van der Waals surface area contributed by atoms with Gasteiger partial charge in [0.1, 0.15) is 0 Å². The Morgan fingerprint density at radius 2 is 1.79 bits per heavy atom. The standard InChI is InChI=1S/C23H15Cl2F4N3O2/c24-17-9-12(10-18(25)20(17)26)22(23(27,28)29)11-19(32-34-22)15-5-6-16(21(33)31-8-7-30)14-4-2-1-3-13(14)15/h1-7,9-10,30H,8,11H2,(H,31,33). The molecule has 176 valence electrons. The molecule has 0 aliphatic carbocycles. The molecule has 1 aliphatic rings. The van der Waals surface area contributed by atoms with E-state index in [-0.39, 0.29) is 12.3 Å². The van der Waals surface area contributed by atoms with Crippen molar-refractivity contribution in [3.05, 3.63) is 81.1 Å². The van der Waals surface area contributed by atoms with Crippen molar-refractivity contribution in [2.75, 3.05) is 6.54 Å². The molecule has 0 saturated heterocycles. The van der Waals surface area contributed by atoms with Gasteiger partial charge in [0.05, 0.1) is 22.3 Å². The molecule has 3 aromatic carbocycles. The van der Waals surface area contributed by atoms with Crippen molar-refractivity contribution in [1.82, 2.24) is 5.32 Å². The van der Waals surface area contributed by atoms with Crippen LogP contribution in [0.1, 0.15) is 27.9 Å². The first-order chi connectivity index (χ1) is 16.1. The van der Waals surface area contributed by atoms with Crippen LogP contribution in [0.3, 0.4) is 0 Å². The van der Waals surface area contributed by atoms with Crippen LogP contribution >= 0.6 is 23.2 Å². The second-order valence-corrected chi connectivity index (χ2v) is 8.32. The lowest BCUT2D eigenvalue weighted by Crippen LogP contribution is -2.42. The molecule has 11 heteroatoms. The molecule has 0 saturated carbocycles. The van der Waals surface area contributed by atoms with Gasteiger partial charge in [-0.3, -0.25) is 4.79 Å². The fourth-order valence-electron chi connectivity index (χ4n) is 3.82. The molecule has 0 radical (unpaired) electrons. The molecular weight excluding hydrogens is 497 g/mol. The first kappa shape index (κ1) is 24.0. The fourth-order valence-corrected chi connectivity index (χ4v) is 4.31. The average Bonchev–Trinajstić information content (AvgIpc) is 3.26. The van der Waals surface area contributed by atoms with Crippen LogP contribution < -0.4 is 5.32 Å². The summed E-state index contributed by atoms with van der Waals surface area (Å²) in [5.74, 6) is -1.47. The molecule has 1 unspecified atom stereocenters. The molecule has 1 aliphatic heterocycles. The van der Waals surface area contributed by atoms with Gasteiger partial charge in [-0.25, -0.2) is 4.39 Å². The summed E-state index contributed by atoms with van der Waals surface area (Å²) in [6.07, 6.45) is -4.63. The zero-order valence-electron chi connectivity index (χ0n) is 17.1. The van der Waals surface area contributed by atoms with Crippen LogP contribution in [-0.4, -0.2) is 30.6 Å². The third-order valence-electron chi connectivity index (χ3n) is 5.48. The Hall–Kier alpha value is -3.17. The zero-order chi connectivity index (χ0) is 24.7. The molecule has 4 rings (SSSR count). The Labute approximate surface area is 200 Å². The highest BCUT2D eigenvalue weighted by Crippen LogP contribution is 2.50. The topological polar surface area (TPSA) is 74.5 Å². The van der Waals surface area contributed by atoms with Crippen molar-refractivity contribution < 1.29 is 27.2 Å². The Morgan fingerprint density at radius 1 is 1.15 bits per heavy atom. The van der Waals surface area contributed by atoms with Crippen molar-refractivity contribution >= 4 is 51.8 Å². The van der Waals surface area contributed by atoms with E-state index in [1.165, 1.54) is 12.1 Å². The van der Waals surface area contributed by atoms with Gasteiger partial charge in [0.25, 0.3) is 11.5 Å². The number of rotatable bonds is 5. The average molecular weight is 512 g/mol. The van der Waals surface area contributed by atoms with E-state index in [4.69, 9.17) is 33.4 Å². The Kier molecular flexibility index (Phi) is 6.26. The number of amides is 1. The smallest absolute Gasteiger partial charge is 0.374 e. The second-order valence-electron chi connectivity index (χ2n) is 7.51. The highest BCUT2D eigenvalue weighted by atomic mass is 35.5. The summed E-state index contributed by atoms with van der Waals surface area (Å²) >= 11 is 11.5. The van der Waals surface area contributed by atoms with Gasteiger partial charge in [0.2, 0.25) is 0 Å². The summed E-state index contributed by atoms with van der Waals surface area (Å²) in [7, 11) is 0. The minimum absolute atomic E-state index is 0.0171. The lowest BCUT2D eigenvalue weighted by Gasteiger charge is -2.29. The molecule has 1 atom stereocenters. The summed E-state index contributed by atoms with van der Waals surface area (Å²) in [4.78, 5) is 17.5. The van der Waals surface area contributed by atoms with Gasteiger partial charge in [-0.1, -0.05) is 58.7 Å². The first-order valence-electron chi connectivity index (χ1n) is 9.85. The number of nitrogens with zero attached hydrogens (tertiary/aromatic N) is 1. The van der Waals surface area contributed by atoms with Gasteiger partial charge >= 0.3 is 6.18 Å². The Bertz CT molecular complexity index is 1320. The Balaban J connectivity index is 1.79. The number of hydrogen-bond acceptors (Lipinski definition) is 4. The van der Waals surface area contributed by atoms with E-state index in [9.17, 15) is 22.4 Å².